The lowest BCUT2D eigenvalue weighted by molar-refractivity contribution is -0.132. The third-order valence-electron chi connectivity index (χ3n) is 4.10. The van der Waals surface area contributed by atoms with Crippen LogP contribution in [0.15, 0.2) is 24.3 Å². The largest absolute Gasteiger partial charge is 0.508 e. The molecular formula is C15H22N2O2. The van der Waals surface area contributed by atoms with Gasteiger partial charge >= 0.3 is 0 Å². The van der Waals surface area contributed by atoms with Gasteiger partial charge in [0.1, 0.15) is 5.75 Å². The van der Waals surface area contributed by atoms with Crippen LogP contribution in [0.2, 0.25) is 0 Å². The first-order valence-corrected chi connectivity index (χ1v) is 6.86. The zero-order valence-corrected chi connectivity index (χ0v) is 11.4. The number of phenolic OH excluding ortho intramolecular Hbond substituents is 1. The van der Waals surface area contributed by atoms with Gasteiger partial charge in [0.15, 0.2) is 0 Å². The van der Waals surface area contributed by atoms with Gasteiger partial charge in [-0.2, -0.15) is 0 Å². The molecule has 1 aliphatic heterocycles. The molecular weight excluding hydrogens is 240 g/mol. The van der Waals surface area contributed by atoms with E-state index in [9.17, 15) is 9.90 Å². The molecule has 1 amide bonds. The van der Waals surface area contributed by atoms with Crippen molar-refractivity contribution in [1.82, 2.24) is 4.90 Å². The number of hydrogen-bond acceptors (Lipinski definition) is 3. The van der Waals surface area contributed by atoms with Crippen LogP contribution in [-0.2, 0) is 11.2 Å². The van der Waals surface area contributed by atoms with Crippen LogP contribution < -0.4 is 5.73 Å². The molecule has 0 spiro atoms. The van der Waals surface area contributed by atoms with E-state index >= 15 is 0 Å². The molecule has 1 aromatic rings. The highest BCUT2D eigenvalue weighted by Gasteiger charge is 2.27. The van der Waals surface area contributed by atoms with Crippen LogP contribution in [0, 0.1) is 11.8 Å². The van der Waals surface area contributed by atoms with Crippen molar-refractivity contribution in [2.24, 2.45) is 17.6 Å². The highest BCUT2D eigenvalue weighted by molar-refractivity contribution is 5.79. The van der Waals surface area contributed by atoms with E-state index in [0.29, 0.717) is 23.9 Å². The molecule has 1 aliphatic rings. The van der Waals surface area contributed by atoms with Crippen molar-refractivity contribution in [3.05, 3.63) is 29.8 Å². The first-order chi connectivity index (χ1) is 9.11. The molecule has 0 radical (unpaired) electrons. The van der Waals surface area contributed by atoms with Crippen molar-refractivity contribution in [2.45, 2.75) is 19.8 Å². The summed E-state index contributed by atoms with van der Waals surface area (Å²) >= 11 is 0. The lowest BCUT2D eigenvalue weighted by Crippen LogP contribution is -2.46. The molecule has 1 saturated heterocycles. The lowest BCUT2D eigenvalue weighted by atomic mass is 9.87. The molecule has 0 bridgehead atoms. The summed E-state index contributed by atoms with van der Waals surface area (Å²) in [6, 6.07) is 7.00. The third-order valence-corrected chi connectivity index (χ3v) is 4.10. The minimum atomic E-state index is 0.0758. The second-order valence-corrected chi connectivity index (χ2v) is 5.41. The van der Waals surface area contributed by atoms with Crippen LogP contribution in [0.3, 0.4) is 0 Å². The summed E-state index contributed by atoms with van der Waals surface area (Å²) in [7, 11) is 0. The number of rotatable bonds is 3. The number of hydrogen-bond donors (Lipinski definition) is 2. The summed E-state index contributed by atoms with van der Waals surface area (Å²) in [5.41, 5.74) is 6.44. The van der Waals surface area contributed by atoms with Gasteiger partial charge < -0.3 is 15.7 Å². The van der Waals surface area contributed by atoms with Gasteiger partial charge in [-0.05, 0) is 30.9 Å². The average Bonchev–Trinajstić information content (AvgIpc) is 2.42. The number of phenols is 1. The van der Waals surface area contributed by atoms with Crippen molar-refractivity contribution < 1.29 is 9.90 Å². The standard InChI is InChI=1S/C15H22N2O2/c1-11-6-7-17(10-13(11)9-16)15(19)8-12-4-2-3-5-14(12)18/h2-5,11,13,18H,6-10,16H2,1H3. The zero-order chi connectivity index (χ0) is 13.8. The van der Waals surface area contributed by atoms with E-state index in [-0.39, 0.29) is 18.1 Å². The molecule has 2 atom stereocenters. The average molecular weight is 262 g/mol. The van der Waals surface area contributed by atoms with Crippen LogP contribution in [0.1, 0.15) is 18.9 Å². The molecule has 1 aromatic carbocycles. The van der Waals surface area contributed by atoms with Gasteiger partial charge in [-0.1, -0.05) is 25.1 Å². The Kier molecular flexibility index (Phi) is 4.43. The number of aromatic hydroxyl groups is 1. The normalized spacial score (nSPS) is 23.4. The summed E-state index contributed by atoms with van der Waals surface area (Å²) < 4.78 is 0. The smallest absolute Gasteiger partial charge is 0.227 e. The van der Waals surface area contributed by atoms with Crippen molar-refractivity contribution in [2.75, 3.05) is 19.6 Å². The third kappa shape index (κ3) is 3.26. The quantitative estimate of drug-likeness (QED) is 0.864. The van der Waals surface area contributed by atoms with Gasteiger partial charge in [0, 0.05) is 18.7 Å². The number of amides is 1. The molecule has 1 fully saturated rings. The zero-order valence-electron chi connectivity index (χ0n) is 11.4. The van der Waals surface area contributed by atoms with E-state index in [2.05, 4.69) is 6.92 Å². The van der Waals surface area contributed by atoms with Gasteiger partial charge in [-0.25, -0.2) is 0 Å². The Morgan fingerprint density at radius 1 is 1.47 bits per heavy atom. The predicted octanol–water partition coefficient (Wildman–Crippen LogP) is 1.38. The van der Waals surface area contributed by atoms with E-state index in [1.807, 2.05) is 11.0 Å². The summed E-state index contributed by atoms with van der Waals surface area (Å²) in [4.78, 5) is 14.1. The molecule has 2 rings (SSSR count). The Balaban J connectivity index is 1.99. The number of carbonyl (C=O) groups is 1. The highest BCUT2D eigenvalue weighted by atomic mass is 16.3. The molecule has 0 saturated carbocycles. The maximum Gasteiger partial charge on any atom is 0.227 e. The maximum absolute atomic E-state index is 12.3. The fraction of sp³-hybridized carbons (Fsp3) is 0.533. The summed E-state index contributed by atoms with van der Waals surface area (Å²) in [6.07, 6.45) is 1.27. The number of likely N-dealkylation sites (tertiary alicyclic amines) is 1. The lowest BCUT2D eigenvalue weighted by Gasteiger charge is -2.36. The van der Waals surface area contributed by atoms with Crippen molar-refractivity contribution >= 4 is 5.91 Å². The van der Waals surface area contributed by atoms with Crippen molar-refractivity contribution in [3.8, 4) is 5.75 Å². The first kappa shape index (κ1) is 13.9. The highest BCUT2D eigenvalue weighted by Crippen LogP contribution is 2.24. The van der Waals surface area contributed by atoms with Gasteiger partial charge in [0.2, 0.25) is 5.91 Å². The van der Waals surface area contributed by atoms with Crippen LogP contribution in [0.4, 0.5) is 0 Å². The van der Waals surface area contributed by atoms with Gasteiger partial charge in [-0.15, -0.1) is 0 Å². The van der Waals surface area contributed by atoms with Gasteiger partial charge in [-0.3, -0.25) is 4.79 Å². The molecule has 2 unspecified atom stereocenters. The SMILES string of the molecule is CC1CCN(C(=O)Cc2ccccc2O)CC1CN. The van der Waals surface area contributed by atoms with Crippen molar-refractivity contribution in [3.63, 3.8) is 0 Å². The molecule has 4 heteroatoms. The fourth-order valence-electron chi connectivity index (χ4n) is 2.62. The molecule has 4 nitrogen and oxygen atoms in total. The monoisotopic (exact) mass is 262 g/mol. The minimum absolute atomic E-state index is 0.0758. The van der Waals surface area contributed by atoms with Gasteiger partial charge in [0.25, 0.3) is 0 Å². The number of para-hydroxylation sites is 1. The van der Waals surface area contributed by atoms with E-state index in [0.717, 1.165) is 19.5 Å². The number of carbonyl (C=O) groups excluding carboxylic acids is 1. The van der Waals surface area contributed by atoms with E-state index < -0.39 is 0 Å². The summed E-state index contributed by atoms with van der Waals surface area (Å²) in [5.74, 6) is 1.24. The maximum atomic E-state index is 12.3. The Morgan fingerprint density at radius 3 is 2.89 bits per heavy atom. The number of piperidine rings is 1. The van der Waals surface area contributed by atoms with Crippen LogP contribution in [0.5, 0.6) is 5.75 Å². The summed E-state index contributed by atoms with van der Waals surface area (Å²) in [5, 5.41) is 9.71. The van der Waals surface area contributed by atoms with E-state index in [4.69, 9.17) is 5.73 Å². The Hall–Kier alpha value is -1.55. The Labute approximate surface area is 114 Å². The van der Waals surface area contributed by atoms with Crippen LogP contribution in [-0.4, -0.2) is 35.5 Å². The molecule has 0 aliphatic carbocycles. The number of benzene rings is 1. The predicted molar refractivity (Wildman–Crippen MR) is 74.7 cm³/mol. The molecule has 19 heavy (non-hydrogen) atoms. The van der Waals surface area contributed by atoms with Gasteiger partial charge in [0.05, 0.1) is 6.42 Å². The molecule has 3 N–H and O–H groups in total. The molecule has 0 aromatic heterocycles. The van der Waals surface area contributed by atoms with E-state index in [1.54, 1.807) is 18.2 Å². The van der Waals surface area contributed by atoms with E-state index in [1.165, 1.54) is 0 Å². The second kappa shape index (κ2) is 6.06. The van der Waals surface area contributed by atoms with Crippen LogP contribution >= 0.6 is 0 Å². The fourth-order valence-corrected chi connectivity index (χ4v) is 2.62. The first-order valence-electron chi connectivity index (χ1n) is 6.86. The second-order valence-electron chi connectivity index (χ2n) is 5.41. The number of nitrogens with two attached hydrogens (primary N) is 1. The van der Waals surface area contributed by atoms with Crippen LogP contribution in [0.25, 0.3) is 0 Å². The minimum Gasteiger partial charge on any atom is -0.508 e. The van der Waals surface area contributed by atoms with Crippen molar-refractivity contribution in [1.29, 1.82) is 0 Å². The molecule has 1 heterocycles. The summed E-state index contributed by atoms with van der Waals surface area (Å²) in [6.45, 7) is 4.36. The number of nitrogens with zero attached hydrogens (tertiary/aromatic N) is 1. The molecule has 104 valence electrons. The Bertz CT molecular complexity index is 448. The topological polar surface area (TPSA) is 66.6 Å². The Morgan fingerprint density at radius 2 is 2.21 bits per heavy atom.